The smallest absolute Gasteiger partial charge is 0.242 e. The van der Waals surface area contributed by atoms with Gasteiger partial charge >= 0.3 is 0 Å². The molecule has 0 aromatic heterocycles. The summed E-state index contributed by atoms with van der Waals surface area (Å²) in [7, 11) is -3.80. The van der Waals surface area contributed by atoms with Gasteiger partial charge < -0.3 is 10.8 Å². The van der Waals surface area contributed by atoms with Crippen LogP contribution in [-0.2, 0) is 10.0 Å². The number of rotatable bonds is 5. The summed E-state index contributed by atoms with van der Waals surface area (Å²) in [6.07, 6.45) is 0. The molecule has 102 valence electrons. The van der Waals surface area contributed by atoms with Crippen molar-refractivity contribution in [3.63, 3.8) is 0 Å². The average Bonchev–Trinajstić information content (AvgIpc) is 2.26. The molecule has 5 nitrogen and oxygen atoms in total. The molecule has 7 heteroatoms. The number of nitrogen functional groups attached to an aromatic ring is 1. The van der Waals surface area contributed by atoms with Crippen LogP contribution in [0.5, 0.6) is 0 Å². The number of nitrogens with one attached hydrogen (secondary N) is 1. The van der Waals surface area contributed by atoms with Gasteiger partial charge in [0, 0.05) is 18.6 Å². The van der Waals surface area contributed by atoms with Gasteiger partial charge in [0.1, 0.15) is 10.7 Å². The second-order valence-corrected chi connectivity index (χ2v) is 6.56. The Bertz CT molecular complexity index is 529. The lowest BCUT2D eigenvalue weighted by atomic mass is 9.96. The van der Waals surface area contributed by atoms with Gasteiger partial charge in [-0.25, -0.2) is 17.5 Å². The highest BCUT2D eigenvalue weighted by atomic mass is 32.2. The molecule has 0 bridgehead atoms. The third kappa shape index (κ3) is 3.66. The van der Waals surface area contributed by atoms with Crippen molar-refractivity contribution in [2.24, 2.45) is 5.41 Å². The van der Waals surface area contributed by atoms with E-state index in [9.17, 15) is 12.8 Å². The molecule has 1 aromatic carbocycles. The van der Waals surface area contributed by atoms with Gasteiger partial charge in [-0.1, -0.05) is 13.8 Å². The summed E-state index contributed by atoms with van der Waals surface area (Å²) in [6, 6.07) is 3.09. The van der Waals surface area contributed by atoms with Crippen molar-refractivity contribution in [3.8, 4) is 0 Å². The molecule has 0 heterocycles. The molecular weight excluding hydrogens is 259 g/mol. The number of aliphatic hydroxyl groups excluding tert-OH is 1. The Kier molecular flexibility index (Phi) is 4.31. The van der Waals surface area contributed by atoms with Crippen LogP contribution in [0.3, 0.4) is 0 Å². The van der Waals surface area contributed by atoms with E-state index in [1.54, 1.807) is 13.8 Å². The Morgan fingerprint density at radius 1 is 1.44 bits per heavy atom. The quantitative estimate of drug-likeness (QED) is 0.690. The minimum atomic E-state index is -3.80. The van der Waals surface area contributed by atoms with Crippen molar-refractivity contribution in [2.75, 3.05) is 18.9 Å². The number of sulfonamides is 1. The minimum absolute atomic E-state index is 0.0582. The van der Waals surface area contributed by atoms with E-state index in [4.69, 9.17) is 10.8 Å². The lowest BCUT2D eigenvalue weighted by Gasteiger charge is -2.22. The van der Waals surface area contributed by atoms with Crippen LogP contribution in [0.1, 0.15) is 13.8 Å². The lowest BCUT2D eigenvalue weighted by Crippen LogP contribution is -2.36. The zero-order valence-corrected chi connectivity index (χ0v) is 11.1. The summed E-state index contributed by atoms with van der Waals surface area (Å²) in [5.74, 6) is -0.595. The number of nitrogens with two attached hydrogens (primary N) is 1. The normalized spacial score (nSPS) is 12.7. The summed E-state index contributed by atoms with van der Waals surface area (Å²) >= 11 is 0. The fourth-order valence-corrected chi connectivity index (χ4v) is 2.54. The molecular formula is C11H17FN2O3S. The molecule has 0 saturated carbocycles. The van der Waals surface area contributed by atoms with Gasteiger partial charge in [0.05, 0.1) is 5.69 Å². The van der Waals surface area contributed by atoms with Crippen molar-refractivity contribution >= 4 is 15.7 Å². The van der Waals surface area contributed by atoms with E-state index in [1.807, 2.05) is 0 Å². The molecule has 0 atom stereocenters. The second kappa shape index (κ2) is 5.21. The third-order valence-corrected chi connectivity index (χ3v) is 3.91. The first-order valence-electron chi connectivity index (χ1n) is 5.33. The van der Waals surface area contributed by atoms with Gasteiger partial charge in [0.15, 0.2) is 0 Å². The van der Waals surface area contributed by atoms with E-state index in [0.717, 1.165) is 18.2 Å². The zero-order chi connectivity index (χ0) is 14.0. The van der Waals surface area contributed by atoms with Crippen LogP contribution in [0.2, 0.25) is 0 Å². The highest BCUT2D eigenvalue weighted by Gasteiger charge is 2.23. The summed E-state index contributed by atoms with van der Waals surface area (Å²) in [5.41, 5.74) is 4.74. The summed E-state index contributed by atoms with van der Waals surface area (Å²) in [6.45, 7) is 3.32. The molecule has 0 radical (unpaired) electrons. The molecule has 0 aliphatic heterocycles. The van der Waals surface area contributed by atoms with Crippen LogP contribution in [0.4, 0.5) is 10.1 Å². The largest absolute Gasteiger partial charge is 0.398 e. The molecule has 0 unspecified atom stereocenters. The molecule has 1 aromatic rings. The van der Waals surface area contributed by atoms with Crippen molar-refractivity contribution in [3.05, 3.63) is 24.0 Å². The van der Waals surface area contributed by atoms with E-state index < -0.39 is 21.3 Å². The van der Waals surface area contributed by atoms with E-state index in [1.165, 1.54) is 0 Å². The molecule has 0 aliphatic carbocycles. The first kappa shape index (κ1) is 14.9. The number of halogens is 1. The molecule has 4 N–H and O–H groups in total. The standard InChI is InChI=1S/C11H17FN2O3S/c1-11(2,7-15)6-14-18(16,17)10-4-3-8(12)5-9(10)13/h3-5,14-15H,6-7,13H2,1-2H3. The van der Waals surface area contributed by atoms with Crippen molar-refractivity contribution in [1.29, 1.82) is 0 Å². The van der Waals surface area contributed by atoms with Crippen molar-refractivity contribution in [2.45, 2.75) is 18.7 Å². The molecule has 18 heavy (non-hydrogen) atoms. The molecule has 0 saturated heterocycles. The van der Waals surface area contributed by atoms with Crippen molar-refractivity contribution in [1.82, 2.24) is 4.72 Å². The second-order valence-electron chi connectivity index (χ2n) is 4.83. The lowest BCUT2D eigenvalue weighted by molar-refractivity contribution is 0.163. The predicted molar refractivity (Wildman–Crippen MR) is 66.9 cm³/mol. The third-order valence-electron chi connectivity index (χ3n) is 2.43. The summed E-state index contributed by atoms with van der Waals surface area (Å²) < 4.78 is 39.0. The molecule has 0 aliphatic rings. The highest BCUT2D eigenvalue weighted by Crippen LogP contribution is 2.20. The zero-order valence-electron chi connectivity index (χ0n) is 10.3. The Hall–Kier alpha value is -1.18. The fourth-order valence-electron chi connectivity index (χ4n) is 1.19. The number of hydrogen-bond acceptors (Lipinski definition) is 4. The number of benzene rings is 1. The Morgan fingerprint density at radius 2 is 2.06 bits per heavy atom. The molecule has 1 rings (SSSR count). The Balaban J connectivity index is 2.94. The first-order valence-corrected chi connectivity index (χ1v) is 6.82. The van der Waals surface area contributed by atoms with Gasteiger partial charge in [0.25, 0.3) is 0 Å². The van der Waals surface area contributed by atoms with E-state index in [2.05, 4.69) is 4.72 Å². The van der Waals surface area contributed by atoms with Crippen LogP contribution in [-0.4, -0.2) is 26.7 Å². The fraction of sp³-hybridized carbons (Fsp3) is 0.455. The predicted octanol–water partition coefficient (Wildman–Crippen LogP) is 0.705. The Labute approximate surface area is 106 Å². The molecule has 0 amide bonds. The number of hydrogen-bond donors (Lipinski definition) is 3. The monoisotopic (exact) mass is 276 g/mol. The van der Waals surface area contributed by atoms with Crippen LogP contribution < -0.4 is 10.5 Å². The topological polar surface area (TPSA) is 92.4 Å². The molecule has 0 fully saturated rings. The van der Waals surface area contributed by atoms with Crippen molar-refractivity contribution < 1.29 is 17.9 Å². The van der Waals surface area contributed by atoms with Gasteiger partial charge in [-0.2, -0.15) is 0 Å². The summed E-state index contributed by atoms with van der Waals surface area (Å²) in [4.78, 5) is -0.169. The molecule has 0 spiro atoms. The van der Waals surface area contributed by atoms with Gasteiger partial charge in [-0.3, -0.25) is 0 Å². The maximum atomic E-state index is 12.8. The van der Waals surface area contributed by atoms with E-state index >= 15 is 0 Å². The van der Waals surface area contributed by atoms with Gasteiger partial charge in [0.2, 0.25) is 10.0 Å². The van der Waals surface area contributed by atoms with Gasteiger partial charge in [-0.15, -0.1) is 0 Å². The van der Waals surface area contributed by atoms with E-state index in [0.29, 0.717) is 0 Å². The first-order chi connectivity index (χ1) is 8.18. The maximum Gasteiger partial charge on any atom is 0.242 e. The van der Waals surface area contributed by atoms with Crippen LogP contribution in [0.15, 0.2) is 23.1 Å². The SMILES string of the molecule is CC(C)(CO)CNS(=O)(=O)c1ccc(F)cc1N. The average molecular weight is 276 g/mol. The van der Waals surface area contributed by atoms with Crippen LogP contribution in [0, 0.1) is 11.2 Å². The highest BCUT2D eigenvalue weighted by molar-refractivity contribution is 7.89. The van der Waals surface area contributed by atoms with E-state index in [-0.39, 0.29) is 23.7 Å². The number of anilines is 1. The van der Waals surface area contributed by atoms with Gasteiger partial charge in [-0.05, 0) is 18.2 Å². The maximum absolute atomic E-state index is 12.8. The summed E-state index contributed by atoms with van der Waals surface area (Å²) in [5, 5.41) is 9.04. The van der Waals surface area contributed by atoms with Crippen LogP contribution >= 0.6 is 0 Å². The Morgan fingerprint density at radius 3 is 2.56 bits per heavy atom. The minimum Gasteiger partial charge on any atom is -0.398 e. The number of aliphatic hydroxyl groups is 1. The van der Waals surface area contributed by atoms with Crippen LogP contribution in [0.25, 0.3) is 0 Å².